The fraction of sp³-hybridized carbons (Fsp3) is 0.625. The number of carbonyl (C=O) groups is 6. The molecule has 0 aromatic heterocycles. The van der Waals surface area contributed by atoms with Gasteiger partial charge in [-0.2, -0.15) is 0 Å². The van der Waals surface area contributed by atoms with Crippen molar-refractivity contribution in [1.82, 2.24) is 16.0 Å². The summed E-state index contributed by atoms with van der Waals surface area (Å²) < 4.78 is 0. The minimum Gasteiger partial charge on any atom is -0.481 e. The quantitative estimate of drug-likeness (QED) is 0.114. The first-order valence-electron chi connectivity index (χ1n) is 9.04. The van der Waals surface area contributed by atoms with Crippen molar-refractivity contribution < 1.29 is 49.2 Å². The maximum atomic E-state index is 12.4. The van der Waals surface area contributed by atoms with E-state index < -0.39 is 79.4 Å². The van der Waals surface area contributed by atoms with E-state index >= 15 is 0 Å². The van der Waals surface area contributed by atoms with Crippen LogP contribution in [0.2, 0.25) is 0 Å². The maximum absolute atomic E-state index is 12.4. The molecule has 4 atom stereocenters. The van der Waals surface area contributed by atoms with Gasteiger partial charge in [0.2, 0.25) is 23.6 Å². The van der Waals surface area contributed by atoms with Gasteiger partial charge in [0.05, 0.1) is 19.3 Å². The van der Waals surface area contributed by atoms with Crippen molar-refractivity contribution in [2.24, 2.45) is 11.5 Å². The van der Waals surface area contributed by atoms with E-state index in [1.54, 1.807) is 0 Å². The molecule has 15 nitrogen and oxygen atoms in total. The average Bonchev–Trinajstić information content (AvgIpc) is 2.70. The van der Waals surface area contributed by atoms with Gasteiger partial charge in [-0.25, -0.2) is 4.79 Å². The van der Waals surface area contributed by atoms with Crippen molar-refractivity contribution in [1.29, 1.82) is 0 Å². The van der Waals surface area contributed by atoms with Crippen LogP contribution in [0.25, 0.3) is 0 Å². The van der Waals surface area contributed by atoms with Crippen molar-refractivity contribution in [3.8, 4) is 0 Å². The number of rotatable bonds is 15. The second kappa shape index (κ2) is 13.8. The molecule has 4 amide bonds. The molecule has 0 aromatic carbocycles. The lowest BCUT2D eigenvalue weighted by Gasteiger charge is -2.23. The van der Waals surface area contributed by atoms with Crippen LogP contribution in [0.4, 0.5) is 0 Å². The SMILES string of the molecule is NC(=O)CCC(NC(=O)C(CO)NC(=O)C(N)CCC(=O)O)C(=O)NC(CO)C(=O)O. The zero-order valence-corrected chi connectivity index (χ0v) is 16.4. The molecule has 0 fully saturated rings. The first kappa shape index (κ1) is 27.7. The van der Waals surface area contributed by atoms with Crippen molar-refractivity contribution >= 4 is 35.6 Å². The van der Waals surface area contributed by atoms with Crippen LogP contribution in [0.15, 0.2) is 0 Å². The van der Waals surface area contributed by atoms with Crippen LogP contribution in [0.5, 0.6) is 0 Å². The number of aliphatic hydroxyl groups is 2. The van der Waals surface area contributed by atoms with Gasteiger partial charge in [-0.1, -0.05) is 0 Å². The molecule has 0 spiro atoms. The Morgan fingerprint density at radius 3 is 1.65 bits per heavy atom. The Kier molecular flexibility index (Phi) is 12.4. The smallest absolute Gasteiger partial charge is 0.328 e. The maximum Gasteiger partial charge on any atom is 0.328 e. The first-order valence-corrected chi connectivity index (χ1v) is 9.04. The van der Waals surface area contributed by atoms with E-state index in [0.717, 1.165) is 0 Å². The lowest BCUT2D eigenvalue weighted by Crippen LogP contribution is -2.58. The van der Waals surface area contributed by atoms with Gasteiger partial charge >= 0.3 is 11.9 Å². The molecule has 15 heteroatoms. The molecule has 0 aliphatic heterocycles. The Bertz CT molecular complexity index is 686. The van der Waals surface area contributed by atoms with Gasteiger partial charge in [0, 0.05) is 12.8 Å². The van der Waals surface area contributed by atoms with Gasteiger partial charge in [0.15, 0.2) is 0 Å². The molecule has 0 aliphatic carbocycles. The largest absolute Gasteiger partial charge is 0.481 e. The van der Waals surface area contributed by atoms with E-state index in [-0.39, 0.29) is 19.3 Å². The molecule has 0 saturated carbocycles. The predicted octanol–water partition coefficient (Wildman–Crippen LogP) is -5.03. The van der Waals surface area contributed by atoms with Crippen LogP contribution < -0.4 is 27.4 Å². The van der Waals surface area contributed by atoms with Gasteiger partial charge in [-0.3, -0.25) is 24.0 Å². The summed E-state index contributed by atoms with van der Waals surface area (Å²) in [6.07, 6.45) is -1.35. The summed E-state index contributed by atoms with van der Waals surface area (Å²) in [6.45, 7) is -1.86. The van der Waals surface area contributed by atoms with E-state index in [4.69, 9.17) is 26.8 Å². The Morgan fingerprint density at radius 1 is 0.710 bits per heavy atom. The van der Waals surface area contributed by atoms with Gasteiger partial charge in [0.25, 0.3) is 0 Å². The molecular weight excluding hydrogens is 422 g/mol. The number of nitrogens with two attached hydrogens (primary N) is 2. The zero-order valence-electron chi connectivity index (χ0n) is 16.4. The number of aliphatic hydroxyl groups excluding tert-OH is 2. The molecule has 31 heavy (non-hydrogen) atoms. The van der Waals surface area contributed by atoms with Crippen LogP contribution in [-0.2, 0) is 28.8 Å². The molecule has 0 aromatic rings. The lowest BCUT2D eigenvalue weighted by atomic mass is 10.1. The number of amides is 4. The average molecular weight is 449 g/mol. The summed E-state index contributed by atoms with van der Waals surface area (Å²) in [7, 11) is 0. The number of carboxylic acids is 2. The fourth-order valence-corrected chi connectivity index (χ4v) is 2.17. The third kappa shape index (κ3) is 10.9. The van der Waals surface area contributed by atoms with E-state index in [9.17, 15) is 33.9 Å². The van der Waals surface area contributed by atoms with Gasteiger partial charge in [0.1, 0.15) is 18.1 Å². The van der Waals surface area contributed by atoms with E-state index in [1.165, 1.54) is 0 Å². The van der Waals surface area contributed by atoms with Crippen molar-refractivity contribution in [3.05, 3.63) is 0 Å². The fourth-order valence-electron chi connectivity index (χ4n) is 2.17. The molecule has 0 aliphatic rings. The van der Waals surface area contributed by atoms with E-state index in [0.29, 0.717) is 0 Å². The van der Waals surface area contributed by atoms with Crippen LogP contribution >= 0.6 is 0 Å². The van der Waals surface area contributed by atoms with Crippen LogP contribution in [0, 0.1) is 0 Å². The number of hydrogen-bond acceptors (Lipinski definition) is 9. The molecule has 0 bridgehead atoms. The monoisotopic (exact) mass is 449 g/mol. The van der Waals surface area contributed by atoms with Gasteiger partial charge in [-0.15, -0.1) is 0 Å². The highest BCUT2D eigenvalue weighted by Gasteiger charge is 2.30. The molecule has 0 rings (SSSR count). The number of carboxylic acid groups (broad SMARTS) is 2. The van der Waals surface area contributed by atoms with Crippen molar-refractivity contribution in [3.63, 3.8) is 0 Å². The minimum atomic E-state index is -1.68. The van der Waals surface area contributed by atoms with E-state index in [2.05, 4.69) is 10.6 Å². The van der Waals surface area contributed by atoms with Gasteiger partial charge < -0.3 is 47.8 Å². The summed E-state index contributed by atoms with van der Waals surface area (Å²) in [5.74, 6) is -6.61. The Morgan fingerprint density at radius 2 is 1.19 bits per heavy atom. The Balaban J connectivity index is 5.19. The van der Waals surface area contributed by atoms with Crippen molar-refractivity contribution in [2.75, 3.05) is 13.2 Å². The molecule has 0 radical (unpaired) electrons. The summed E-state index contributed by atoms with van der Waals surface area (Å²) >= 11 is 0. The highest BCUT2D eigenvalue weighted by molar-refractivity contribution is 5.94. The molecule has 4 unspecified atom stereocenters. The zero-order chi connectivity index (χ0) is 24.1. The highest BCUT2D eigenvalue weighted by Crippen LogP contribution is 2.01. The number of aliphatic carboxylic acids is 2. The number of primary amides is 1. The molecular formula is C16H27N5O10. The van der Waals surface area contributed by atoms with Crippen LogP contribution in [0.1, 0.15) is 25.7 Å². The standard InChI is InChI=1S/C16H27N5O10/c17-7(1-4-12(25)26)13(27)20-9(5-22)15(29)19-8(2-3-11(18)24)14(28)21-10(6-23)16(30)31/h7-10,22-23H,1-6,17H2,(H2,18,24)(H,19,29)(H,20,27)(H,21,28)(H,25,26)(H,30,31). The summed E-state index contributed by atoms with van der Waals surface area (Å²) in [5, 5.41) is 42.1. The number of nitrogens with one attached hydrogen (secondary N) is 3. The van der Waals surface area contributed by atoms with E-state index in [1.807, 2.05) is 5.32 Å². The minimum absolute atomic E-state index is 0.234. The Labute approximate surface area is 176 Å². The molecule has 176 valence electrons. The first-order chi connectivity index (χ1) is 14.4. The lowest BCUT2D eigenvalue weighted by molar-refractivity contribution is -0.143. The van der Waals surface area contributed by atoms with Crippen LogP contribution in [-0.4, -0.2) is 93.4 Å². The molecule has 0 heterocycles. The highest BCUT2D eigenvalue weighted by atomic mass is 16.4. The second-order valence-electron chi connectivity index (χ2n) is 6.43. The van der Waals surface area contributed by atoms with Gasteiger partial charge in [-0.05, 0) is 12.8 Å². The van der Waals surface area contributed by atoms with Crippen LogP contribution in [0.3, 0.4) is 0 Å². The third-order valence-electron chi connectivity index (χ3n) is 3.93. The topological polar surface area (TPSA) is 271 Å². The predicted molar refractivity (Wildman–Crippen MR) is 101 cm³/mol. The number of hydrogen-bond donors (Lipinski definition) is 9. The van der Waals surface area contributed by atoms with Crippen molar-refractivity contribution in [2.45, 2.75) is 49.9 Å². The third-order valence-corrected chi connectivity index (χ3v) is 3.93. The second-order valence-corrected chi connectivity index (χ2v) is 6.43. The normalized spacial score (nSPS) is 14.4. The summed E-state index contributed by atoms with van der Waals surface area (Å²) in [4.78, 5) is 69.1. The molecule has 0 saturated heterocycles. The molecule has 11 N–H and O–H groups in total. The number of carbonyl (C=O) groups excluding carboxylic acids is 4. The summed E-state index contributed by atoms with van der Waals surface area (Å²) in [5.41, 5.74) is 10.5. The Hall–Kier alpha value is -3.30. The summed E-state index contributed by atoms with van der Waals surface area (Å²) in [6, 6.07) is -6.03.